The summed E-state index contributed by atoms with van der Waals surface area (Å²) in [7, 11) is 0. The van der Waals surface area contributed by atoms with E-state index in [-0.39, 0.29) is 12.1 Å². The molecule has 1 aromatic rings. The van der Waals surface area contributed by atoms with Crippen molar-refractivity contribution in [2.24, 2.45) is 5.73 Å². The van der Waals surface area contributed by atoms with Crippen LogP contribution in [-0.2, 0) is 0 Å². The van der Waals surface area contributed by atoms with Gasteiger partial charge in [0, 0.05) is 5.56 Å². The molecule has 0 aliphatic rings. The Balaban J connectivity index is 2.93. The van der Waals surface area contributed by atoms with Crippen LogP contribution in [0.4, 0.5) is 4.39 Å². The number of nitrogens with two attached hydrogens (primary N) is 1. The number of aromatic hydroxyl groups is 1. The fourth-order valence-electron chi connectivity index (χ4n) is 1.11. The molecule has 0 aliphatic heterocycles. The van der Waals surface area contributed by atoms with Crippen LogP contribution in [0.15, 0.2) is 18.2 Å². The lowest BCUT2D eigenvalue weighted by atomic mass is 10.1. The van der Waals surface area contributed by atoms with E-state index in [1.165, 1.54) is 12.1 Å². The molecule has 0 fully saturated rings. The van der Waals surface area contributed by atoms with Crippen molar-refractivity contribution in [2.45, 2.75) is 12.5 Å². The molecule has 0 spiro atoms. The maximum absolute atomic E-state index is 12.8. The normalized spacial score (nSPS) is 12.8. The summed E-state index contributed by atoms with van der Waals surface area (Å²) in [6, 6.07) is 4.04. The second-order valence-corrected chi connectivity index (χ2v) is 2.77. The van der Waals surface area contributed by atoms with Crippen LogP contribution in [-0.4, -0.2) is 16.8 Å². The second-order valence-electron chi connectivity index (χ2n) is 2.77. The molecule has 0 saturated carbocycles. The van der Waals surface area contributed by atoms with Crippen LogP contribution in [0.25, 0.3) is 0 Å². The quantitative estimate of drug-likeness (QED) is 0.655. The number of para-hydroxylation sites is 1. The first-order valence-electron chi connectivity index (χ1n) is 4.02. The molecule has 4 N–H and O–H groups in total. The SMILES string of the molecule is NCCC(O)c1cccc(F)c1O. The van der Waals surface area contributed by atoms with Gasteiger partial charge in [-0.05, 0) is 19.0 Å². The molecule has 13 heavy (non-hydrogen) atoms. The van der Waals surface area contributed by atoms with Gasteiger partial charge in [0.15, 0.2) is 11.6 Å². The van der Waals surface area contributed by atoms with E-state index >= 15 is 0 Å². The van der Waals surface area contributed by atoms with Crippen molar-refractivity contribution in [2.75, 3.05) is 6.54 Å². The Hall–Kier alpha value is -1.13. The lowest BCUT2D eigenvalue weighted by Gasteiger charge is -2.11. The molecule has 3 nitrogen and oxygen atoms in total. The van der Waals surface area contributed by atoms with Gasteiger partial charge in [-0.25, -0.2) is 4.39 Å². The number of hydrogen-bond donors (Lipinski definition) is 3. The van der Waals surface area contributed by atoms with E-state index in [0.29, 0.717) is 6.42 Å². The largest absolute Gasteiger partial charge is 0.505 e. The standard InChI is InChI=1S/C9H12FNO2/c10-7-3-1-2-6(9(7)13)8(12)4-5-11/h1-3,8,12-13H,4-5,11H2. The maximum Gasteiger partial charge on any atom is 0.165 e. The predicted octanol–water partition coefficient (Wildman–Crippen LogP) is 0.914. The number of rotatable bonds is 3. The Kier molecular flexibility index (Phi) is 3.22. The third-order valence-electron chi connectivity index (χ3n) is 1.82. The lowest BCUT2D eigenvalue weighted by Crippen LogP contribution is -2.07. The summed E-state index contributed by atoms with van der Waals surface area (Å²) in [6.45, 7) is 0.289. The van der Waals surface area contributed by atoms with Crippen LogP contribution < -0.4 is 5.73 Å². The molecule has 0 heterocycles. The van der Waals surface area contributed by atoms with Gasteiger partial charge in [-0.15, -0.1) is 0 Å². The Morgan fingerprint density at radius 1 is 1.46 bits per heavy atom. The molecular weight excluding hydrogens is 173 g/mol. The van der Waals surface area contributed by atoms with Crippen LogP contribution in [0.1, 0.15) is 18.1 Å². The third kappa shape index (κ3) is 2.17. The van der Waals surface area contributed by atoms with E-state index in [0.717, 1.165) is 6.07 Å². The van der Waals surface area contributed by atoms with Crippen LogP contribution in [0.3, 0.4) is 0 Å². The van der Waals surface area contributed by atoms with Gasteiger partial charge in [0.05, 0.1) is 6.10 Å². The summed E-state index contributed by atoms with van der Waals surface area (Å²) in [5.74, 6) is -1.22. The van der Waals surface area contributed by atoms with Crippen molar-refractivity contribution in [1.29, 1.82) is 0 Å². The average Bonchev–Trinajstić information content (AvgIpc) is 2.10. The third-order valence-corrected chi connectivity index (χ3v) is 1.82. The summed E-state index contributed by atoms with van der Waals surface area (Å²) in [4.78, 5) is 0. The molecule has 1 rings (SSSR count). The Labute approximate surface area is 75.6 Å². The van der Waals surface area contributed by atoms with Crippen molar-refractivity contribution in [1.82, 2.24) is 0 Å². The average molecular weight is 185 g/mol. The van der Waals surface area contributed by atoms with Gasteiger partial charge in [-0.1, -0.05) is 12.1 Å². The molecule has 0 aromatic heterocycles. The molecule has 1 aromatic carbocycles. The zero-order chi connectivity index (χ0) is 9.84. The highest BCUT2D eigenvalue weighted by Crippen LogP contribution is 2.27. The Morgan fingerprint density at radius 2 is 2.15 bits per heavy atom. The Morgan fingerprint density at radius 3 is 2.77 bits per heavy atom. The van der Waals surface area contributed by atoms with E-state index in [1.807, 2.05) is 0 Å². The van der Waals surface area contributed by atoms with E-state index in [2.05, 4.69) is 0 Å². The highest BCUT2D eigenvalue weighted by molar-refractivity contribution is 5.35. The molecule has 0 radical (unpaired) electrons. The zero-order valence-corrected chi connectivity index (χ0v) is 7.07. The molecule has 0 aliphatic carbocycles. The van der Waals surface area contributed by atoms with Crippen LogP contribution in [0.5, 0.6) is 5.75 Å². The van der Waals surface area contributed by atoms with Gasteiger partial charge in [0.1, 0.15) is 0 Å². The predicted molar refractivity (Wildman–Crippen MR) is 46.7 cm³/mol. The first-order valence-corrected chi connectivity index (χ1v) is 4.02. The first kappa shape index (κ1) is 9.95. The van der Waals surface area contributed by atoms with Crippen LogP contribution >= 0.6 is 0 Å². The summed E-state index contributed by atoms with van der Waals surface area (Å²) < 4.78 is 12.8. The number of benzene rings is 1. The number of aliphatic hydroxyl groups is 1. The smallest absolute Gasteiger partial charge is 0.165 e. The number of halogens is 1. The summed E-state index contributed by atoms with van der Waals surface area (Å²) in [6.07, 6.45) is -0.600. The maximum atomic E-state index is 12.8. The molecule has 0 amide bonds. The monoisotopic (exact) mass is 185 g/mol. The van der Waals surface area contributed by atoms with Gasteiger partial charge in [0.2, 0.25) is 0 Å². The zero-order valence-electron chi connectivity index (χ0n) is 7.07. The highest BCUT2D eigenvalue weighted by Gasteiger charge is 2.13. The van der Waals surface area contributed by atoms with Crippen molar-refractivity contribution in [3.63, 3.8) is 0 Å². The van der Waals surface area contributed by atoms with Gasteiger partial charge in [-0.2, -0.15) is 0 Å². The fourth-order valence-corrected chi connectivity index (χ4v) is 1.11. The van der Waals surface area contributed by atoms with Crippen molar-refractivity contribution in [3.05, 3.63) is 29.6 Å². The van der Waals surface area contributed by atoms with E-state index in [4.69, 9.17) is 5.73 Å². The van der Waals surface area contributed by atoms with Crippen molar-refractivity contribution >= 4 is 0 Å². The minimum atomic E-state index is -0.902. The van der Waals surface area contributed by atoms with E-state index < -0.39 is 17.7 Å². The molecule has 0 saturated heterocycles. The first-order chi connectivity index (χ1) is 6.16. The summed E-state index contributed by atoms with van der Waals surface area (Å²) in [5, 5.41) is 18.6. The minimum Gasteiger partial charge on any atom is -0.505 e. The second kappa shape index (κ2) is 4.20. The minimum absolute atomic E-state index is 0.186. The summed E-state index contributed by atoms with van der Waals surface area (Å²) >= 11 is 0. The number of aliphatic hydroxyl groups excluding tert-OH is 1. The molecule has 1 unspecified atom stereocenters. The number of hydrogen-bond acceptors (Lipinski definition) is 3. The van der Waals surface area contributed by atoms with Gasteiger partial charge >= 0.3 is 0 Å². The molecular formula is C9H12FNO2. The molecule has 4 heteroatoms. The molecule has 1 atom stereocenters. The van der Waals surface area contributed by atoms with Gasteiger partial charge in [-0.3, -0.25) is 0 Å². The molecule has 0 bridgehead atoms. The summed E-state index contributed by atoms with van der Waals surface area (Å²) in [5.41, 5.74) is 5.41. The highest BCUT2D eigenvalue weighted by atomic mass is 19.1. The number of phenolic OH excluding ortho intramolecular Hbond substituents is 1. The Bertz CT molecular complexity index is 291. The number of phenols is 1. The van der Waals surface area contributed by atoms with Crippen molar-refractivity contribution in [3.8, 4) is 5.75 Å². The fraction of sp³-hybridized carbons (Fsp3) is 0.333. The topological polar surface area (TPSA) is 66.5 Å². The van der Waals surface area contributed by atoms with Gasteiger partial charge in [0.25, 0.3) is 0 Å². The lowest BCUT2D eigenvalue weighted by molar-refractivity contribution is 0.165. The van der Waals surface area contributed by atoms with E-state index in [1.54, 1.807) is 0 Å². The van der Waals surface area contributed by atoms with E-state index in [9.17, 15) is 14.6 Å². The van der Waals surface area contributed by atoms with Gasteiger partial charge < -0.3 is 15.9 Å². The van der Waals surface area contributed by atoms with Crippen LogP contribution in [0, 0.1) is 5.82 Å². The van der Waals surface area contributed by atoms with Crippen LogP contribution in [0.2, 0.25) is 0 Å². The van der Waals surface area contributed by atoms with Crippen molar-refractivity contribution < 1.29 is 14.6 Å². The molecule has 72 valence electrons.